The summed E-state index contributed by atoms with van der Waals surface area (Å²) in [6, 6.07) is 15.7. The van der Waals surface area contributed by atoms with E-state index in [9.17, 15) is 38.7 Å². The minimum absolute atomic E-state index is 0.0176. The Morgan fingerprint density at radius 2 is 0.753 bits per heavy atom. The monoisotopic (exact) mass is 998 g/mol. The van der Waals surface area contributed by atoms with Crippen LogP contribution in [0.15, 0.2) is 84.9 Å². The predicted molar refractivity (Wildman–Crippen MR) is 254 cm³/mol. The Labute approximate surface area is 412 Å². The Hall–Kier alpha value is -8.25. The highest BCUT2D eigenvalue weighted by Crippen LogP contribution is 2.57. The van der Waals surface area contributed by atoms with Gasteiger partial charge in [-0.05, 0) is 152 Å². The van der Waals surface area contributed by atoms with Gasteiger partial charge in [0.2, 0.25) is 5.41 Å². The van der Waals surface area contributed by atoms with E-state index in [0.717, 1.165) is 50.1 Å². The van der Waals surface area contributed by atoms with Gasteiger partial charge in [-0.15, -0.1) is 0 Å². The van der Waals surface area contributed by atoms with Crippen LogP contribution in [0.5, 0.6) is 0 Å². The van der Waals surface area contributed by atoms with E-state index in [1.54, 1.807) is 25.1 Å². The molecule has 0 fully saturated rings. The van der Waals surface area contributed by atoms with E-state index in [1.165, 1.54) is 38.1 Å². The van der Waals surface area contributed by atoms with Gasteiger partial charge in [-0.1, -0.05) is 42.5 Å². The van der Waals surface area contributed by atoms with E-state index in [0.29, 0.717) is 57.6 Å². The standard InChI is InChI=1S/C55H40F6N4O8/c1-23-17-24(2)42(28(6)27(23)5)63-47(68)35-13-9-30(19-38(35)50(63)71)31-10-14-36-39(20-31)51(72)64(48(36)69)43-25(3)18-26(4)44(29(43)7)65-49(70)37-16-12-33(22-41(37)52(65)73)53(54(56,57)58,55(59,60)61)32-11-15-34-40(21-32)46(67)62(8)45(34)66/h9-22,45,66H,1-8H3. The average Bonchev–Trinajstić information content (AvgIpc) is 3.90. The van der Waals surface area contributed by atoms with Crippen molar-refractivity contribution in [3.05, 3.63) is 180 Å². The summed E-state index contributed by atoms with van der Waals surface area (Å²) >= 11 is 0. The normalized spacial score (nSPS) is 16.6. The van der Waals surface area contributed by atoms with Crippen LogP contribution in [0.4, 0.5) is 43.4 Å². The van der Waals surface area contributed by atoms with Gasteiger partial charge in [-0.3, -0.25) is 33.6 Å². The zero-order chi connectivity index (χ0) is 53.0. The summed E-state index contributed by atoms with van der Waals surface area (Å²) in [6.07, 6.45) is -13.9. The van der Waals surface area contributed by atoms with Gasteiger partial charge in [0.15, 0.2) is 6.23 Å². The smallest absolute Gasteiger partial charge is 0.369 e. The molecule has 1 N–H and O–H groups in total. The quantitative estimate of drug-likeness (QED) is 0.128. The number of anilines is 3. The number of hydrogen-bond acceptors (Lipinski definition) is 8. The lowest BCUT2D eigenvalue weighted by atomic mass is 9.71. The number of alkyl halides is 6. The number of nitrogens with zero attached hydrogens (tertiary/aromatic N) is 4. The molecule has 73 heavy (non-hydrogen) atoms. The predicted octanol–water partition coefficient (Wildman–Crippen LogP) is 10.4. The van der Waals surface area contributed by atoms with Crippen LogP contribution in [0, 0.1) is 48.5 Å². The van der Waals surface area contributed by atoms with Crippen molar-refractivity contribution in [3.63, 3.8) is 0 Å². The fourth-order valence-corrected chi connectivity index (χ4v) is 11.1. The lowest BCUT2D eigenvalue weighted by molar-refractivity contribution is -0.288. The lowest BCUT2D eigenvalue weighted by Gasteiger charge is -2.38. The minimum Gasteiger partial charge on any atom is -0.369 e. The van der Waals surface area contributed by atoms with Gasteiger partial charge in [-0.2, -0.15) is 26.3 Å². The highest BCUT2D eigenvalue weighted by molar-refractivity contribution is 6.38. The Morgan fingerprint density at radius 3 is 1.19 bits per heavy atom. The number of amides is 7. The summed E-state index contributed by atoms with van der Waals surface area (Å²) < 4.78 is 92.3. The molecular formula is C55H40F6N4O8. The molecule has 0 spiro atoms. The van der Waals surface area contributed by atoms with Crippen LogP contribution in [-0.4, -0.2) is 70.8 Å². The van der Waals surface area contributed by atoms with Crippen LogP contribution >= 0.6 is 0 Å². The first-order chi connectivity index (χ1) is 34.1. The van der Waals surface area contributed by atoms with Gasteiger partial charge in [-0.25, -0.2) is 14.7 Å². The molecule has 0 bridgehead atoms. The average molecular weight is 999 g/mol. The van der Waals surface area contributed by atoms with Crippen molar-refractivity contribution >= 4 is 58.4 Å². The second-order valence-corrected chi connectivity index (χ2v) is 18.9. The number of carbonyl (C=O) groups is 7. The van der Waals surface area contributed by atoms with Gasteiger partial charge < -0.3 is 10.0 Å². The summed E-state index contributed by atoms with van der Waals surface area (Å²) in [7, 11) is 1.12. The SMILES string of the molecule is Cc1cc(C)c(N2C(=O)c3ccc(-c4ccc5c(c4)C(=O)N(c4c(C)cc(C)c(N6C(=O)c7ccc(C(c8ccc9c(c8)C(=O)N(C)C9O)(C(F)(F)F)C(F)(F)F)cc7C6=O)c4C)C5=O)cc3C2=O)c(C)c1C. The molecule has 4 aliphatic rings. The van der Waals surface area contributed by atoms with E-state index in [2.05, 4.69) is 0 Å². The molecule has 1 unspecified atom stereocenters. The number of aliphatic hydroxyl groups is 1. The number of rotatable bonds is 6. The van der Waals surface area contributed by atoms with Crippen LogP contribution in [-0.2, 0) is 5.41 Å². The third-order valence-electron chi connectivity index (χ3n) is 14.8. The maximum atomic E-state index is 15.4. The molecule has 7 amide bonds. The fourth-order valence-electron chi connectivity index (χ4n) is 11.1. The van der Waals surface area contributed by atoms with Crippen molar-refractivity contribution in [1.82, 2.24) is 4.90 Å². The highest BCUT2D eigenvalue weighted by atomic mass is 19.4. The summed E-state index contributed by atoms with van der Waals surface area (Å²) in [5.41, 5.74) is -4.44. The van der Waals surface area contributed by atoms with Crippen LogP contribution in [0.2, 0.25) is 0 Å². The van der Waals surface area contributed by atoms with Crippen molar-refractivity contribution in [2.75, 3.05) is 21.7 Å². The first kappa shape index (κ1) is 48.4. The Balaban J connectivity index is 0.998. The molecular weight excluding hydrogens is 959 g/mol. The maximum absolute atomic E-state index is 15.4. The molecule has 0 radical (unpaired) electrons. The fraction of sp³-hybridized carbons (Fsp3) is 0.218. The van der Waals surface area contributed by atoms with Gasteiger partial charge in [0.1, 0.15) is 0 Å². The van der Waals surface area contributed by atoms with Gasteiger partial charge in [0.25, 0.3) is 41.4 Å². The second kappa shape index (κ2) is 15.9. The minimum atomic E-state index is -6.15. The number of hydrogen-bond donors (Lipinski definition) is 1. The Kier molecular flexibility index (Phi) is 10.5. The molecule has 10 rings (SSSR count). The molecule has 370 valence electrons. The summed E-state index contributed by atoms with van der Waals surface area (Å²) in [4.78, 5) is 101. The molecule has 0 saturated heterocycles. The largest absolute Gasteiger partial charge is 0.411 e. The van der Waals surface area contributed by atoms with Gasteiger partial charge in [0, 0.05) is 18.2 Å². The van der Waals surface area contributed by atoms with Crippen LogP contribution in [0.1, 0.15) is 134 Å². The number of aryl methyl sites for hydroxylation is 4. The molecule has 0 aliphatic carbocycles. The van der Waals surface area contributed by atoms with Crippen molar-refractivity contribution in [2.45, 2.75) is 72.5 Å². The molecule has 1 atom stereocenters. The lowest BCUT2D eigenvalue weighted by Crippen LogP contribution is -2.55. The number of fused-ring (bicyclic) bond motifs is 4. The van der Waals surface area contributed by atoms with Crippen molar-refractivity contribution in [3.8, 4) is 11.1 Å². The van der Waals surface area contributed by atoms with E-state index in [4.69, 9.17) is 0 Å². The van der Waals surface area contributed by atoms with Crippen LogP contribution < -0.4 is 14.7 Å². The molecule has 0 saturated carbocycles. The summed E-state index contributed by atoms with van der Waals surface area (Å²) in [6.45, 7) is 12.0. The van der Waals surface area contributed by atoms with E-state index in [-0.39, 0.29) is 50.3 Å². The van der Waals surface area contributed by atoms with E-state index in [1.807, 2.05) is 33.8 Å². The van der Waals surface area contributed by atoms with Crippen molar-refractivity contribution in [2.24, 2.45) is 0 Å². The Bertz CT molecular complexity index is 3620. The second-order valence-electron chi connectivity index (χ2n) is 18.9. The number of benzene rings is 6. The van der Waals surface area contributed by atoms with Gasteiger partial charge in [0.05, 0.1) is 50.4 Å². The maximum Gasteiger partial charge on any atom is 0.411 e. The number of carbonyl (C=O) groups excluding carboxylic acids is 7. The molecule has 6 aromatic rings. The summed E-state index contributed by atoms with van der Waals surface area (Å²) in [5, 5.41) is 10.4. The first-order valence-electron chi connectivity index (χ1n) is 22.7. The zero-order valence-electron chi connectivity index (χ0n) is 40.0. The van der Waals surface area contributed by atoms with Gasteiger partial charge >= 0.3 is 12.4 Å². The molecule has 4 aliphatic heterocycles. The van der Waals surface area contributed by atoms with E-state index < -0.39 is 93.2 Å². The Morgan fingerprint density at radius 1 is 0.397 bits per heavy atom. The number of halogens is 6. The molecule has 4 heterocycles. The molecule has 12 nitrogen and oxygen atoms in total. The third-order valence-corrected chi connectivity index (χ3v) is 14.8. The first-order valence-corrected chi connectivity index (χ1v) is 22.7. The topological polar surface area (TPSA) is 153 Å². The van der Waals surface area contributed by atoms with Crippen LogP contribution in [0.25, 0.3) is 11.1 Å². The number of imide groups is 3. The number of aliphatic hydroxyl groups excluding tert-OH is 1. The third kappa shape index (κ3) is 6.48. The highest BCUT2D eigenvalue weighted by Gasteiger charge is 2.73. The molecule has 0 aromatic heterocycles. The summed E-state index contributed by atoms with van der Waals surface area (Å²) in [5.74, 6) is -6.04. The molecule has 6 aromatic carbocycles. The van der Waals surface area contributed by atoms with E-state index >= 15 is 26.3 Å². The van der Waals surface area contributed by atoms with Crippen molar-refractivity contribution in [1.29, 1.82) is 0 Å². The molecule has 18 heteroatoms. The van der Waals surface area contributed by atoms with Crippen LogP contribution in [0.3, 0.4) is 0 Å². The van der Waals surface area contributed by atoms with Crippen molar-refractivity contribution < 1.29 is 65.0 Å². The zero-order valence-corrected chi connectivity index (χ0v) is 40.0.